The highest BCUT2D eigenvalue weighted by atomic mass is 16.1. The number of nitrogens with zero attached hydrogens (tertiary/aromatic N) is 1. The molecule has 0 saturated heterocycles. The molecule has 0 unspecified atom stereocenters. The average Bonchev–Trinajstić information content (AvgIpc) is 3.28. The molecule has 0 radical (unpaired) electrons. The molecule has 2 heteroatoms. The lowest BCUT2D eigenvalue weighted by atomic mass is 9.87. The van der Waals surface area contributed by atoms with Crippen molar-refractivity contribution in [3.05, 3.63) is 99.8 Å². The Hall–Kier alpha value is -3.00. The molecule has 0 atom stereocenters. The lowest BCUT2D eigenvalue weighted by Crippen LogP contribution is -2.06. The van der Waals surface area contributed by atoms with Gasteiger partial charge in [-0.3, -0.25) is 9.78 Å². The van der Waals surface area contributed by atoms with Crippen molar-refractivity contribution in [3.63, 3.8) is 0 Å². The largest absolute Gasteiger partial charge is 0.299 e. The number of hydrogen-bond donors (Lipinski definition) is 0. The van der Waals surface area contributed by atoms with Crippen molar-refractivity contribution in [2.24, 2.45) is 5.41 Å². The molecule has 4 rings (SSSR count). The molecule has 0 N–H and O–H groups in total. The smallest absolute Gasteiger partial charge is 0.141 e. The minimum atomic E-state index is 0. The van der Waals surface area contributed by atoms with Crippen LogP contribution >= 0.6 is 0 Å². The molecule has 2 aromatic carbocycles. The van der Waals surface area contributed by atoms with Gasteiger partial charge in [-0.1, -0.05) is 83.0 Å². The van der Waals surface area contributed by atoms with Crippen LogP contribution in [0.1, 0.15) is 84.6 Å². The van der Waals surface area contributed by atoms with Crippen LogP contribution in [0.3, 0.4) is 0 Å². The van der Waals surface area contributed by atoms with E-state index in [-0.39, 0.29) is 8.27 Å². The van der Waals surface area contributed by atoms with Crippen LogP contribution in [0, 0.1) is 5.41 Å². The molecular weight excluding hydrogens is 426 g/mol. The molecule has 1 heterocycles. The summed E-state index contributed by atoms with van der Waals surface area (Å²) >= 11 is 0. The van der Waals surface area contributed by atoms with Gasteiger partial charge in [0.05, 0.1) is 5.52 Å². The Morgan fingerprint density at radius 3 is 2.49 bits per heavy atom. The summed E-state index contributed by atoms with van der Waals surface area (Å²) in [6, 6.07) is 15.3. The van der Waals surface area contributed by atoms with Gasteiger partial charge in [-0.25, -0.2) is 0 Å². The van der Waals surface area contributed by atoms with Crippen molar-refractivity contribution in [3.8, 4) is 0 Å². The van der Waals surface area contributed by atoms with Crippen LogP contribution in [0.2, 0.25) is 0 Å². The van der Waals surface area contributed by atoms with Gasteiger partial charge in [0.15, 0.2) is 0 Å². The van der Waals surface area contributed by atoms with E-state index in [4.69, 9.17) is 0 Å². The third-order valence-electron chi connectivity index (χ3n) is 7.07. The molecule has 35 heavy (non-hydrogen) atoms. The van der Waals surface area contributed by atoms with E-state index in [1.807, 2.05) is 6.20 Å². The number of pyridine rings is 1. The number of carbonyl (C=O) groups excluding carboxylic acids is 1. The van der Waals surface area contributed by atoms with E-state index in [2.05, 4.69) is 94.2 Å². The summed E-state index contributed by atoms with van der Waals surface area (Å²) in [7, 11) is 0. The zero-order valence-corrected chi connectivity index (χ0v) is 22.1. The van der Waals surface area contributed by atoms with Gasteiger partial charge < -0.3 is 0 Å². The molecule has 0 saturated carbocycles. The fourth-order valence-electron chi connectivity index (χ4n) is 5.16. The summed E-state index contributed by atoms with van der Waals surface area (Å²) in [6.45, 7) is 11.1. The zero-order valence-electron chi connectivity index (χ0n) is 22.1. The Morgan fingerprint density at radius 1 is 0.971 bits per heavy atom. The summed E-state index contributed by atoms with van der Waals surface area (Å²) in [5.74, 6) is 0.294. The normalized spacial score (nSPS) is 13.7. The number of hydrogen-bond acceptors (Lipinski definition) is 2. The minimum Gasteiger partial charge on any atom is -0.299 e. The van der Waals surface area contributed by atoms with Gasteiger partial charge in [-0.05, 0) is 82.7 Å². The minimum absolute atomic E-state index is 0. The molecule has 0 aliphatic heterocycles. The summed E-state index contributed by atoms with van der Waals surface area (Å²) < 4.78 is 0. The number of fused-ring (bicyclic) bond motifs is 1. The van der Waals surface area contributed by atoms with Crippen molar-refractivity contribution >= 4 is 16.7 Å². The molecular formula is C33H43NO. The Bertz CT molecular complexity index is 1300. The van der Waals surface area contributed by atoms with Crippen molar-refractivity contribution in [1.29, 1.82) is 0 Å². The van der Waals surface area contributed by atoms with Gasteiger partial charge in [0.25, 0.3) is 0 Å². The predicted molar refractivity (Wildman–Crippen MR) is 152 cm³/mol. The van der Waals surface area contributed by atoms with Crippen LogP contribution in [-0.4, -0.2) is 10.8 Å². The second-order valence-electron chi connectivity index (χ2n) is 11.0. The van der Waals surface area contributed by atoms with Crippen molar-refractivity contribution in [2.45, 2.75) is 79.6 Å². The van der Waals surface area contributed by atoms with Crippen molar-refractivity contribution in [1.82, 2.24) is 4.98 Å². The fourth-order valence-corrected chi connectivity index (χ4v) is 5.16. The maximum atomic E-state index is 12.9. The number of allylic oxidation sites excluding steroid dienone is 4. The van der Waals surface area contributed by atoms with Crippen LogP contribution in [0.4, 0.5) is 0 Å². The van der Waals surface area contributed by atoms with Crippen LogP contribution in [0.15, 0.2) is 72.0 Å². The van der Waals surface area contributed by atoms with Gasteiger partial charge in [-0.2, -0.15) is 0 Å². The number of rotatable bonds is 9. The highest BCUT2D eigenvalue weighted by Gasteiger charge is 2.20. The molecule has 2 nitrogen and oxygen atoms in total. The van der Waals surface area contributed by atoms with E-state index < -0.39 is 0 Å². The Morgan fingerprint density at radius 2 is 1.77 bits per heavy atom. The predicted octanol–water partition coefficient (Wildman–Crippen LogP) is 8.64. The lowest BCUT2D eigenvalue weighted by molar-refractivity contribution is -0.117. The number of aromatic nitrogens is 1. The van der Waals surface area contributed by atoms with Crippen molar-refractivity contribution in [2.75, 3.05) is 0 Å². The Kier molecular flexibility index (Phi) is 7.69. The first kappa shape index (κ1) is 25.1. The number of carbonyl (C=O) groups is 1. The molecule has 1 aliphatic carbocycles. The van der Waals surface area contributed by atoms with Gasteiger partial charge in [0, 0.05) is 27.3 Å². The maximum absolute atomic E-state index is 12.9. The first-order chi connectivity index (χ1) is 16.8. The molecule has 1 aromatic heterocycles. The maximum Gasteiger partial charge on any atom is 0.141 e. The van der Waals surface area contributed by atoms with E-state index in [9.17, 15) is 4.79 Å². The van der Waals surface area contributed by atoms with E-state index in [1.165, 1.54) is 38.8 Å². The summed E-state index contributed by atoms with van der Waals surface area (Å²) in [6.07, 6.45) is 12.5. The first-order valence-electron chi connectivity index (χ1n) is 13.2. The molecule has 0 bridgehead atoms. The summed E-state index contributed by atoms with van der Waals surface area (Å²) in [5, 5.41) is 1.25. The summed E-state index contributed by atoms with van der Waals surface area (Å²) in [5.41, 5.74) is 10.3. The standard InChI is InChI=1S/C33H39NO.2H2/c1-6-9-27-21-31-28(14-15-34-32(31)22-26(27)7-2)17-23-10-8-11-24(16-23)19-30(35)20-25-12-13-29(18-25)33(3,4)5;;/h8,10-11,13-16,18,21-22H,6-7,9,12,17,19-20H2,1-5H3;2*1H. The van der Waals surface area contributed by atoms with E-state index in [0.717, 1.165) is 43.2 Å². The topological polar surface area (TPSA) is 30.0 Å². The first-order valence-corrected chi connectivity index (χ1v) is 13.2. The van der Waals surface area contributed by atoms with Gasteiger partial charge >= 0.3 is 0 Å². The Balaban J connectivity index is 0.00000241. The SMILES string of the molecule is CCCc1cc2c(Cc3cccc(CC(=O)CC4=CC(C(C)(C)C)=CC4)c3)ccnc2cc1CC.[HH].[HH]. The fraction of sp³-hybridized carbons (Fsp3) is 0.394. The molecule has 0 fully saturated rings. The molecule has 0 spiro atoms. The van der Waals surface area contributed by atoms with Gasteiger partial charge in [0.1, 0.15) is 5.78 Å². The van der Waals surface area contributed by atoms with Crippen LogP contribution in [-0.2, 0) is 30.5 Å². The highest BCUT2D eigenvalue weighted by molar-refractivity contribution is 5.85. The van der Waals surface area contributed by atoms with E-state index >= 15 is 0 Å². The highest BCUT2D eigenvalue weighted by Crippen LogP contribution is 2.33. The van der Waals surface area contributed by atoms with Gasteiger partial charge in [-0.15, -0.1) is 0 Å². The van der Waals surface area contributed by atoms with Crippen LogP contribution in [0.25, 0.3) is 10.9 Å². The molecule has 186 valence electrons. The van der Waals surface area contributed by atoms with E-state index in [1.54, 1.807) is 0 Å². The third-order valence-corrected chi connectivity index (χ3v) is 7.07. The van der Waals surface area contributed by atoms with Crippen molar-refractivity contribution < 1.29 is 7.65 Å². The van der Waals surface area contributed by atoms with Crippen LogP contribution < -0.4 is 0 Å². The van der Waals surface area contributed by atoms with Gasteiger partial charge in [0.2, 0.25) is 0 Å². The quantitative estimate of drug-likeness (QED) is 0.314. The molecule has 1 aliphatic rings. The lowest BCUT2D eigenvalue weighted by Gasteiger charge is -2.18. The Labute approximate surface area is 214 Å². The van der Waals surface area contributed by atoms with Crippen LogP contribution in [0.5, 0.6) is 0 Å². The average molecular weight is 470 g/mol. The number of Topliss-reactive ketones (excluding diaryl/α,β-unsaturated/α-hetero) is 1. The molecule has 3 aromatic rings. The summed E-state index contributed by atoms with van der Waals surface area (Å²) in [4.78, 5) is 17.5. The second-order valence-corrected chi connectivity index (χ2v) is 11.0. The number of benzene rings is 2. The number of aryl methyl sites for hydroxylation is 2. The van der Waals surface area contributed by atoms with E-state index in [0.29, 0.717) is 18.6 Å². The zero-order chi connectivity index (χ0) is 25.0. The monoisotopic (exact) mass is 469 g/mol. The third kappa shape index (κ3) is 6.17. The second kappa shape index (κ2) is 10.7. The molecule has 0 amide bonds. The number of ketones is 1.